The van der Waals surface area contributed by atoms with Crippen molar-refractivity contribution in [2.75, 3.05) is 12.0 Å². The Morgan fingerprint density at radius 3 is 2.56 bits per heavy atom. The van der Waals surface area contributed by atoms with Gasteiger partial charge in [0.1, 0.15) is 5.82 Å². The normalized spacial score (nSPS) is 10.8. The smallest absolute Gasteiger partial charge is 0.272 e. The highest BCUT2D eigenvalue weighted by atomic mass is 16.1. The zero-order chi connectivity index (χ0) is 13.7. The second kappa shape index (κ2) is 6.30. The largest absolute Gasteiger partial charge is 0.350 e. The van der Waals surface area contributed by atoms with E-state index in [4.69, 9.17) is 5.84 Å². The number of carbonyl (C=O) groups is 1. The molecule has 0 aromatic carbocycles. The van der Waals surface area contributed by atoms with Crippen molar-refractivity contribution in [2.24, 2.45) is 11.8 Å². The van der Waals surface area contributed by atoms with Gasteiger partial charge in [0.05, 0.1) is 11.9 Å². The lowest BCUT2D eigenvalue weighted by Crippen LogP contribution is -2.30. The molecule has 18 heavy (non-hydrogen) atoms. The van der Waals surface area contributed by atoms with E-state index in [-0.39, 0.29) is 17.5 Å². The number of nitrogens with two attached hydrogens (primary N) is 1. The number of hydrogen-bond donors (Lipinski definition) is 3. The lowest BCUT2D eigenvalue weighted by Gasteiger charge is -2.12. The standard InChI is InChI=1S/C12H21N5O/c1-7(2)5-15-12(18)10-9(17-13)6-14-11(16-10)8(3)4/h6-8,17H,5,13H2,1-4H3,(H,15,18). The number of anilines is 1. The second-order valence-corrected chi connectivity index (χ2v) is 4.89. The molecule has 0 saturated heterocycles. The molecule has 0 atom stereocenters. The van der Waals surface area contributed by atoms with E-state index in [0.29, 0.717) is 24.0 Å². The lowest BCUT2D eigenvalue weighted by atomic mass is 10.2. The molecule has 6 heteroatoms. The van der Waals surface area contributed by atoms with E-state index in [1.165, 1.54) is 6.20 Å². The van der Waals surface area contributed by atoms with Crippen LogP contribution in [0, 0.1) is 5.92 Å². The summed E-state index contributed by atoms with van der Waals surface area (Å²) in [7, 11) is 0. The summed E-state index contributed by atoms with van der Waals surface area (Å²) in [4.78, 5) is 20.4. The summed E-state index contributed by atoms with van der Waals surface area (Å²) in [5, 5.41) is 2.81. The van der Waals surface area contributed by atoms with Gasteiger partial charge in [-0.3, -0.25) is 10.6 Å². The Labute approximate surface area is 107 Å². The van der Waals surface area contributed by atoms with Crippen LogP contribution in [0.15, 0.2) is 6.20 Å². The van der Waals surface area contributed by atoms with Crippen LogP contribution in [-0.4, -0.2) is 22.4 Å². The molecular formula is C12H21N5O. The molecule has 0 spiro atoms. The van der Waals surface area contributed by atoms with Crippen molar-refractivity contribution in [1.29, 1.82) is 0 Å². The summed E-state index contributed by atoms with van der Waals surface area (Å²) >= 11 is 0. The number of nitrogens with one attached hydrogen (secondary N) is 2. The predicted octanol–water partition coefficient (Wildman–Crippen LogP) is 1.27. The summed E-state index contributed by atoms with van der Waals surface area (Å²) in [6, 6.07) is 0. The van der Waals surface area contributed by atoms with Crippen LogP contribution in [0.2, 0.25) is 0 Å². The van der Waals surface area contributed by atoms with Gasteiger partial charge in [0.25, 0.3) is 5.91 Å². The third kappa shape index (κ3) is 3.66. The molecule has 0 aliphatic heterocycles. The van der Waals surface area contributed by atoms with Crippen LogP contribution >= 0.6 is 0 Å². The van der Waals surface area contributed by atoms with Crippen LogP contribution in [0.4, 0.5) is 5.69 Å². The number of amides is 1. The summed E-state index contributed by atoms with van der Waals surface area (Å²) in [6.07, 6.45) is 1.53. The molecule has 1 heterocycles. The Morgan fingerprint density at radius 1 is 1.39 bits per heavy atom. The van der Waals surface area contributed by atoms with E-state index in [0.717, 1.165) is 0 Å². The number of carbonyl (C=O) groups excluding carboxylic acids is 1. The third-order valence-corrected chi connectivity index (χ3v) is 2.37. The van der Waals surface area contributed by atoms with Crippen LogP contribution in [0.1, 0.15) is 49.9 Å². The Morgan fingerprint density at radius 2 is 2.06 bits per heavy atom. The number of aromatic nitrogens is 2. The molecule has 0 bridgehead atoms. The molecule has 100 valence electrons. The molecular weight excluding hydrogens is 230 g/mol. The number of nitrogens with zero attached hydrogens (tertiary/aromatic N) is 2. The minimum Gasteiger partial charge on any atom is -0.350 e. The first-order valence-corrected chi connectivity index (χ1v) is 6.07. The summed E-state index contributed by atoms with van der Waals surface area (Å²) in [5.74, 6) is 6.30. The molecule has 1 rings (SSSR count). The van der Waals surface area contributed by atoms with E-state index >= 15 is 0 Å². The van der Waals surface area contributed by atoms with Gasteiger partial charge >= 0.3 is 0 Å². The van der Waals surface area contributed by atoms with E-state index in [1.54, 1.807) is 0 Å². The molecule has 0 aliphatic rings. The minimum absolute atomic E-state index is 0.161. The number of hydrazine groups is 1. The maximum Gasteiger partial charge on any atom is 0.272 e. The molecule has 4 N–H and O–H groups in total. The van der Waals surface area contributed by atoms with E-state index in [1.807, 2.05) is 27.7 Å². The van der Waals surface area contributed by atoms with Gasteiger partial charge < -0.3 is 10.7 Å². The predicted molar refractivity (Wildman–Crippen MR) is 71.1 cm³/mol. The van der Waals surface area contributed by atoms with Crippen molar-refractivity contribution in [1.82, 2.24) is 15.3 Å². The first-order chi connectivity index (χ1) is 8.45. The highest BCUT2D eigenvalue weighted by Crippen LogP contribution is 2.15. The maximum atomic E-state index is 12.0. The summed E-state index contributed by atoms with van der Waals surface area (Å²) < 4.78 is 0. The highest BCUT2D eigenvalue weighted by Gasteiger charge is 2.16. The minimum atomic E-state index is -0.235. The second-order valence-electron chi connectivity index (χ2n) is 4.89. The fourth-order valence-corrected chi connectivity index (χ4v) is 1.33. The van der Waals surface area contributed by atoms with Crippen molar-refractivity contribution in [3.63, 3.8) is 0 Å². The Bertz CT molecular complexity index is 417. The fourth-order valence-electron chi connectivity index (χ4n) is 1.33. The van der Waals surface area contributed by atoms with Gasteiger partial charge in [-0.25, -0.2) is 9.97 Å². The van der Waals surface area contributed by atoms with E-state index in [9.17, 15) is 4.79 Å². The van der Waals surface area contributed by atoms with Crippen LogP contribution in [0.3, 0.4) is 0 Å². The highest BCUT2D eigenvalue weighted by molar-refractivity contribution is 5.97. The van der Waals surface area contributed by atoms with Gasteiger partial charge in [-0.15, -0.1) is 0 Å². The zero-order valence-electron chi connectivity index (χ0n) is 11.3. The van der Waals surface area contributed by atoms with Crippen molar-refractivity contribution < 1.29 is 4.79 Å². The SMILES string of the molecule is CC(C)CNC(=O)c1nc(C(C)C)ncc1NN. The monoisotopic (exact) mass is 251 g/mol. The maximum absolute atomic E-state index is 12.0. The molecule has 0 unspecified atom stereocenters. The Balaban J connectivity index is 2.96. The molecule has 1 aromatic rings. The number of hydrogen-bond acceptors (Lipinski definition) is 5. The summed E-state index contributed by atoms with van der Waals surface area (Å²) in [6.45, 7) is 8.61. The quantitative estimate of drug-likeness (QED) is 0.541. The topological polar surface area (TPSA) is 92.9 Å². The van der Waals surface area contributed by atoms with Gasteiger partial charge in [0, 0.05) is 12.5 Å². The lowest BCUT2D eigenvalue weighted by molar-refractivity contribution is 0.0944. The number of rotatable bonds is 5. The molecule has 1 amide bonds. The van der Waals surface area contributed by atoms with Gasteiger partial charge in [0.15, 0.2) is 5.69 Å². The van der Waals surface area contributed by atoms with Crippen molar-refractivity contribution in [3.05, 3.63) is 17.7 Å². The zero-order valence-corrected chi connectivity index (χ0v) is 11.3. The van der Waals surface area contributed by atoms with Crippen LogP contribution in [0.5, 0.6) is 0 Å². The van der Waals surface area contributed by atoms with Gasteiger partial charge in [0.2, 0.25) is 0 Å². The van der Waals surface area contributed by atoms with Crippen LogP contribution in [-0.2, 0) is 0 Å². The summed E-state index contributed by atoms with van der Waals surface area (Å²) in [5.41, 5.74) is 3.16. The fraction of sp³-hybridized carbons (Fsp3) is 0.583. The first kappa shape index (κ1) is 14.4. The Kier molecular flexibility index (Phi) is 5.03. The molecule has 0 fully saturated rings. The van der Waals surface area contributed by atoms with Gasteiger partial charge in [-0.1, -0.05) is 27.7 Å². The van der Waals surface area contributed by atoms with Crippen LogP contribution in [0.25, 0.3) is 0 Å². The van der Waals surface area contributed by atoms with Gasteiger partial charge in [-0.05, 0) is 5.92 Å². The van der Waals surface area contributed by atoms with Crippen molar-refractivity contribution in [2.45, 2.75) is 33.6 Å². The first-order valence-electron chi connectivity index (χ1n) is 6.07. The third-order valence-electron chi connectivity index (χ3n) is 2.37. The molecule has 1 aromatic heterocycles. The van der Waals surface area contributed by atoms with Crippen molar-refractivity contribution in [3.8, 4) is 0 Å². The van der Waals surface area contributed by atoms with E-state index < -0.39 is 0 Å². The molecule has 6 nitrogen and oxygen atoms in total. The van der Waals surface area contributed by atoms with E-state index in [2.05, 4.69) is 20.7 Å². The average Bonchev–Trinajstić information content (AvgIpc) is 2.34. The Hall–Kier alpha value is -1.69. The molecule has 0 radical (unpaired) electrons. The van der Waals surface area contributed by atoms with Crippen molar-refractivity contribution >= 4 is 11.6 Å². The van der Waals surface area contributed by atoms with Gasteiger partial charge in [-0.2, -0.15) is 0 Å². The molecule has 0 saturated carbocycles. The average molecular weight is 251 g/mol. The van der Waals surface area contributed by atoms with Crippen LogP contribution < -0.4 is 16.6 Å². The molecule has 0 aliphatic carbocycles. The number of nitrogen functional groups attached to an aromatic ring is 1.